The smallest absolute Gasteiger partial charge is 0.321 e. The highest BCUT2D eigenvalue weighted by atomic mass is 31.2. The summed E-state index contributed by atoms with van der Waals surface area (Å²) in [5.41, 5.74) is -0.147. The number of nitrogens with one attached hydrogen (secondary N) is 1. The van der Waals surface area contributed by atoms with E-state index in [0.29, 0.717) is 12.0 Å². The molecule has 0 aliphatic rings. The lowest BCUT2D eigenvalue weighted by Gasteiger charge is -2.26. The minimum Gasteiger partial charge on any atom is -0.481 e. The lowest BCUT2D eigenvalue weighted by molar-refractivity contribution is -0.140. The van der Waals surface area contributed by atoms with Gasteiger partial charge in [0.05, 0.1) is 5.66 Å². The van der Waals surface area contributed by atoms with E-state index in [-0.39, 0.29) is 6.42 Å². The first-order valence-corrected chi connectivity index (χ1v) is 10.0. The minimum absolute atomic E-state index is 0.277. The van der Waals surface area contributed by atoms with Crippen molar-refractivity contribution in [2.24, 2.45) is 0 Å². The molecule has 0 aromatic heterocycles. The Hall–Kier alpha value is -2.21. The number of benzene rings is 2. The molecular formula is C18H22NO6P. The van der Waals surface area contributed by atoms with Crippen LogP contribution in [0, 0.1) is 0 Å². The summed E-state index contributed by atoms with van der Waals surface area (Å²) >= 11 is 0. The molecular weight excluding hydrogens is 357 g/mol. The van der Waals surface area contributed by atoms with E-state index in [0.717, 1.165) is 10.8 Å². The fraction of sp³-hybridized carbons (Fsp3) is 0.333. The Bertz CT molecular complexity index is 847. The zero-order valence-electron chi connectivity index (χ0n) is 14.3. The second-order valence-corrected chi connectivity index (χ2v) is 8.20. The molecule has 0 aliphatic carbocycles. The summed E-state index contributed by atoms with van der Waals surface area (Å²) in [6.45, 7) is 1.75. The summed E-state index contributed by atoms with van der Waals surface area (Å²) in [6, 6.07) is 11.5. The van der Waals surface area contributed by atoms with E-state index < -0.39 is 37.6 Å². The van der Waals surface area contributed by atoms with E-state index in [1.807, 2.05) is 30.3 Å². The third kappa shape index (κ3) is 4.69. The van der Waals surface area contributed by atoms with Gasteiger partial charge in [-0.25, -0.2) is 5.09 Å². The Morgan fingerprint density at radius 3 is 2.38 bits per heavy atom. The average molecular weight is 379 g/mol. The van der Waals surface area contributed by atoms with Crippen molar-refractivity contribution in [3.05, 3.63) is 48.0 Å². The lowest BCUT2D eigenvalue weighted by atomic mass is 10.0. The first kappa shape index (κ1) is 20.1. The summed E-state index contributed by atoms with van der Waals surface area (Å²) in [6.07, 6.45) is -0.365. The topological polar surface area (TPSA) is 124 Å². The average Bonchev–Trinajstić information content (AvgIpc) is 2.58. The molecule has 4 N–H and O–H groups in total. The highest BCUT2D eigenvalue weighted by molar-refractivity contribution is 7.56. The number of carboxylic acids is 2. The molecule has 0 heterocycles. The monoisotopic (exact) mass is 379 g/mol. The van der Waals surface area contributed by atoms with Crippen LogP contribution in [0.2, 0.25) is 0 Å². The van der Waals surface area contributed by atoms with Crippen LogP contribution in [0.5, 0.6) is 0 Å². The molecule has 0 saturated carbocycles. The summed E-state index contributed by atoms with van der Waals surface area (Å²) in [7, 11) is -4.12. The standard InChI is InChI=1S/C18H22NO6P/c1-2-16(14-9-5-7-12-6-3-4-8-13(12)14)26(24,25)19-15(18(22)23)10-11-17(20)21/h3-9,15-16H,2,10-11H2,1H3,(H,20,21)(H,22,23)(H2,19,24,25). The minimum atomic E-state index is -4.12. The van der Waals surface area contributed by atoms with Gasteiger partial charge in [-0.2, -0.15) is 0 Å². The number of carboxylic acid groups (broad SMARTS) is 2. The fourth-order valence-electron chi connectivity index (χ4n) is 3.02. The molecule has 0 aliphatic heterocycles. The molecule has 0 fully saturated rings. The van der Waals surface area contributed by atoms with Crippen LogP contribution in [-0.4, -0.2) is 33.1 Å². The van der Waals surface area contributed by atoms with E-state index in [1.165, 1.54) is 0 Å². The molecule has 8 heteroatoms. The van der Waals surface area contributed by atoms with E-state index in [9.17, 15) is 24.2 Å². The number of rotatable bonds is 9. The van der Waals surface area contributed by atoms with E-state index in [1.54, 1.807) is 19.1 Å². The largest absolute Gasteiger partial charge is 0.481 e. The maximum atomic E-state index is 13.0. The molecule has 140 valence electrons. The van der Waals surface area contributed by atoms with E-state index in [4.69, 9.17) is 5.11 Å². The predicted molar refractivity (Wildman–Crippen MR) is 98.2 cm³/mol. The second-order valence-electron chi connectivity index (χ2n) is 6.07. The van der Waals surface area contributed by atoms with Gasteiger partial charge in [0.1, 0.15) is 6.04 Å². The van der Waals surface area contributed by atoms with Crippen LogP contribution < -0.4 is 5.09 Å². The molecule has 2 rings (SSSR count). The summed E-state index contributed by atoms with van der Waals surface area (Å²) in [5, 5.41) is 22.1. The third-order valence-electron chi connectivity index (χ3n) is 4.28. The third-order valence-corrected chi connectivity index (χ3v) is 6.45. The number of hydrogen-bond acceptors (Lipinski definition) is 3. The van der Waals surface area contributed by atoms with Crippen LogP contribution in [0.15, 0.2) is 42.5 Å². The van der Waals surface area contributed by atoms with Crippen molar-refractivity contribution in [3.63, 3.8) is 0 Å². The maximum absolute atomic E-state index is 13.0. The quantitative estimate of drug-likeness (QED) is 0.492. The number of fused-ring (bicyclic) bond motifs is 1. The van der Waals surface area contributed by atoms with Gasteiger partial charge in [0.2, 0.25) is 0 Å². The molecule has 0 radical (unpaired) electrons. The Kier molecular flexibility index (Phi) is 6.53. The molecule has 3 unspecified atom stereocenters. The van der Waals surface area contributed by atoms with Gasteiger partial charge in [-0.1, -0.05) is 49.4 Å². The molecule has 3 atom stereocenters. The van der Waals surface area contributed by atoms with Crippen molar-refractivity contribution in [3.8, 4) is 0 Å². The maximum Gasteiger partial charge on any atom is 0.321 e. The Labute approximate surface area is 151 Å². The first-order chi connectivity index (χ1) is 12.3. The molecule has 26 heavy (non-hydrogen) atoms. The van der Waals surface area contributed by atoms with Crippen LogP contribution in [-0.2, 0) is 14.2 Å². The SMILES string of the molecule is CCC(c1cccc2ccccc12)P(=O)(O)NC(CCC(=O)O)C(=O)O. The van der Waals surface area contributed by atoms with Gasteiger partial charge in [0.15, 0.2) is 0 Å². The molecule has 2 aromatic rings. The van der Waals surface area contributed by atoms with E-state index >= 15 is 0 Å². The van der Waals surface area contributed by atoms with Crippen LogP contribution in [0.25, 0.3) is 10.8 Å². The van der Waals surface area contributed by atoms with Gasteiger partial charge in [0, 0.05) is 6.42 Å². The Morgan fingerprint density at radius 1 is 1.12 bits per heavy atom. The Morgan fingerprint density at radius 2 is 1.77 bits per heavy atom. The summed E-state index contributed by atoms with van der Waals surface area (Å²) in [5.74, 6) is -2.51. The van der Waals surface area contributed by atoms with Crippen molar-refractivity contribution in [2.45, 2.75) is 37.9 Å². The van der Waals surface area contributed by atoms with Crippen LogP contribution >= 0.6 is 7.52 Å². The van der Waals surface area contributed by atoms with Crippen molar-refractivity contribution in [1.29, 1.82) is 0 Å². The highest BCUT2D eigenvalue weighted by Crippen LogP contribution is 2.55. The molecule has 0 saturated heterocycles. The molecule has 0 spiro atoms. The molecule has 2 aromatic carbocycles. The second kappa shape index (κ2) is 8.45. The normalized spacial score (nSPS) is 15.9. The van der Waals surface area contributed by atoms with Crippen molar-refractivity contribution < 1.29 is 29.3 Å². The van der Waals surface area contributed by atoms with Crippen molar-refractivity contribution >= 4 is 30.2 Å². The van der Waals surface area contributed by atoms with Crippen LogP contribution in [0.3, 0.4) is 0 Å². The van der Waals surface area contributed by atoms with Gasteiger partial charge < -0.3 is 15.1 Å². The van der Waals surface area contributed by atoms with E-state index in [2.05, 4.69) is 5.09 Å². The van der Waals surface area contributed by atoms with Gasteiger partial charge in [-0.3, -0.25) is 14.2 Å². The van der Waals surface area contributed by atoms with Gasteiger partial charge in [0.25, 0.3) is 7.52 Å². The van der Waals surface area contributed by atoms with Gasteiger partial charge in [-0.15, -0.1) is 0 Å². The zero-order valence-corrected chi connectivity index (χ0v) is 15.2. The first-order valence-electron chi connectivity index (χ1n) is 8.28. The molecule has 0 amide bonds. The van der Waals surface area contributed by atoms with Crippen molar-refractivity contribution in [1.82, 2.24) is 5.09 Å². The van der Waals surface area contributed by atoms with Crippen molar-refractivity contribution in [2.75, 3.05) is 0 Å². The highest BCUT2D eigenvalue weighted by Gasteiger charge is 2.36. The molecule has 0 bridgehead atoms. The predicted octanol–water partition coefficient (Wildman–Crippen LogP) is 3.38. The van der Waals surface area contributed by atoms with Crippen LogP contribution in [0.1, 0.15) is 37.4 Å². The summed E-state index contributed by atoms with van der Waals surface area (Å²) < 4.78 is 13.0. The fourth-order valence-corrected chi connectivity index (χ4v) is 4.98. The Balaban J connectivity index is 2.35. The van der Waals surface area contributed by atoms with Crippen LogP contribution in [0.4, 0.5) is 0 Å². The number of carbonyl (C=O) groups is 2. The van der Waals surface area contributed by atoms with Gasteiger partial charge in [-0.05, 0) is 29.2 Å². The molecule has 7 nitrogen and oxygen atoms in total. The zero-order chi connectivity index (χ0) is 19.3. The lowest BCUT2D eigenvalue weighted by Crippen LogP contribution is -2.36. The summed E-state index contributed by atoms with van der Waals surface area (Å²) in [4.78, 5) is 32.7. The number of aliphatic carboxylic acids is 2. The van der Waals surface area contributed by atoms with Gasteiger partial charge >= 0.3 is 11.9 Å². The number of hydrogen-bond donors (Lipinski definition) is 4.